The average Bonchev–Trinajstić information content (AvgIpc) is 3.55. The molecule has 0 saturated heterocycles. The van der Waals surface area contributed by atoms with Crippen LogP contribution in [0, 0.1) is 0 Å². The highest BCUT2D eigenvalue weighted by Gasteiger charge is 2.25. The maximum Gasteiger partial charge on any atom is 0.210 e. The van der Waals surface area contributed by atoms with Gasteiger partial charge in [-0.1, -0.05) is 73.9 Å². The van der Waals surface area contributed by atoms with Gasteiger partial charge in [0.15, 0.2) is 5.65 Å². The lowest BCUT2D eigenvalue weighted by Gasteiger charge is -2.25. The van der Waals surface area contributed by atoms with Crippen LogP contribution in [0.5, 0.6) is 0 Å². The van der Waals surface area contributed by atoms with Crippen LogP contribution in [0.4, 0.5) is 0 Å². The van der Waals surface area contributed by atoms with Crippen LogP contribution >= 0.6 is 0 Å². The first-order valence-electron chi connectivity index (χ1n) is 11.1. The standard InChI is InChI=1S/C25H23N7/c1-3-7-17(8-4-1)18-11-13-19(14-12-18)21-15-26-25-22(24-28-30-31-29-24)16-27-32(25)23(21)20-9-5-2-6-10-20/h1,3-4,7-8,11-16,20H,2,5-6,9-10H2,(H,28,29,30,31). The second-order valence-corrected chi connectivity index (χ2v) is 8.36. The molecule has 1 N–H and O–H groups in total. The summed E-state index contributed by atoms with van der Waals surface area (Å²) in [4.78, 5) is 4.79. The van der Waals surface area contributed by atoms with Gasteiger partial charge in [-0.3, -0.25) is 0 Å². The van der Waals surface area contributed by atoms with Gasteiger partial charge in [-0.15, -0.1) is 10.2 Å². The highest BCUT2D eigenvalue weighted by Crippen LogP contribution is 2.39. The zero-order chi connectivity index (χ0) is 21.3. The minimum absolute atomic E-state index is 0.455. The van der Waals surface area contributed by atoms with Crippen molar-refractivity contribution >= 4 is 5.65 Å². The monoisotopic (exact) mass is 421 g/mol. The normalized spacial score (nSPS) is 14.8. The molecule has 3 aromatic heterocycles. The summed E-state index contributed by atoms with van der Waals surface area (Å²) >= 11 is 0. The lowest BCUT2D eigenvalue weighted by molar-refractivity contribution is 0.431. The number of fused-ring (bicyclic) bond motifs is 1. The molecule has 7 nitrogen and oxygen atoms in total. The zero-order valence-electron chi connectivity index (χ0n) is 17.6. The van der Waals surface area contributed by atoms with E-state index in [-0.39, 0.29) is 0 Å². The molecular weight excluding hydrogens is 398 g/mol. The molecule has 0 radical (unpaired) electrons. The van der Waals surface area contributed by atoms with E-state index < -0.39 is 0 Å². The van der Waals surface area contributed by atoms with Crippen LogP contribution in [-0.4, -0.2) is 35.2 Å². The van der Waals surface area contributed by atoms with E-state index in [9.17, 15) is 0 Å². The smallest absolute Gasteiger partial charge is 0.210 e. The molecule has 0 amide bonds. The zero-order valence-corrected chi connectivity index (χ0v) is 17.6. The summed E-state index contributed by atoms with van der Waals surface area (Å²) in [5.41, 5.74) is 7.54. The lowest BCUT2D eigenvalue weighted by Crippen LogP contribution is -2.12. The molecule has 0 spiro atoms. The Bertz CT molecular complexity index is 1330. The maximum absolute atomic E-state index is 4.79. The fourth-order valence-corrected chi connectivity index (χ4v) is 4.85. The van der Waals surface area contributed by atoms with Crippen LogP contribution in [0.1, 0.15) is 43.7 Å². The van der Waals surface area contributed by atoms with Crippen molar-refractivity contribution < 1.29 is 0 Å². The van der Waals surface area contributed by atoms with E-state index >= 15 is 0 Å². The summed E-state index contributed by atoms with van der Waals surface area (Å²) in [5.74, 6) is 0.970. The number of aromatic nitrogens is 7. The highest BCUT2D eigenvalue weighted by atomic mass is 15.5. The van der Waals surface area contributed by atoms with Crippen LogP contribution in [0.2, 0.25) is 0 Å². The van der Waals surface area contributed by atoms with Gasteiger partial charge in [0.25, 0.3) is 0 Å². The molecule has 1 aliphatic carbocycles. The number of benzene rings is 2. The van der Waals surface area contributed by atoms with E-state index in [1.165, 1.54) is 48.9 Å². The molecule has 0 aliphatic heterocycles. The third-order valence-corrected chi connectivity index (χ3v) is 6.45. The number of H-pyrrole nitrogens is 1. The molecule has 1 saturated carbocycles. The van der Waals surface area contributed by atoms with Crippen molar-refractivity contribution in [3.8, 4) is 33.6 Å². The third-order valence-electron chi connectivity index (χ3n) is 6.45. The van der Waals surface area contributed by atoms with Crippen LogP contribution in [0.15, 0.2) is 67.0 Å². The van der Waals surface area contributed by atoms with Crippen molar-refractivity contribution in [1.29, 1.82) is 0 Å². The number of hydrogen-bond donors (Lipinski definition) is 1. The van der Waals surface area contributed by atoms with Gasteiger partial charge in [-0.05, 0) is 34.7 Å². The minimum atomic E-state index is 0.455. The van der Waals surface area contributed by atoms with Gasteiger partial charge < -0.3 is 0 Å². The molecule has 2 aromatic carbocycles. The second kappa shape index (κ2) is 8.00. The predicted octanol–water partition coefficient (Wildman–Crippen LogP) is 5.29. The molecule has 1 aliphatic rings. The molecule has 32 heavy (non-hydrogen) atoms. The average molecular weight is 422 g/mol. The molecule has 5 aromatic rings. The number of hydrogen-bond acceptors (Lipinski definition) is 5. The number of aromatic amines is 1. The Morgan fingerprint density at radius 2 is 1.53 bits per heavy atom. The first-order valence-corrected chi connectivity index (χ1v) is 11.1. The molecule has 158 valence electrons. The topological polar surface area (TPSA) is 84.6 Å². The van der Waals surface area contributed by atoms with E-state index in [1.807, 2.05) is 16.8 Å². The highest BCUT2D eigenvalue weighted by molar-refractivity contribution is 5.76. The fourth-order valence-electron chi connectivity index (χ4n) is 4.85. The van der Waals surface area contributed by atoms with Crippen LogP contribution in [-0.2, 0) is 0 Å². The van der Waals surface area contributed by atoms with Gasteiger partial charge in [0.2, 0.25) is 5.82 Å². The Kier molecular flexibility index (Phi) is 4.71. The summed E-state index contributed by atoms with van der Waals surface area (Å²) in [6.07, 6.45) is 9.93. The minimum Gasteiger partial charge on any atom is -0.236 e. The van der Waals surface area contributed by atoms with Crippen molar-refractivity contribution in [2.45, 2.75) is 38.0 Å². The summed E-state index contributed by atoms with van der Waals surface area (Å²) in [7, 11) is 0. The molecule has 1 fully saturated rings. The molecule has 0 atom stereocenters. The number of nitrogens with one attached hydrogen (secondary N) is 1. The van der Waals surface area contributed by atoms with Gasteiger partial charge in [0, 0.05) is 17.7 Å². The number of tetrazole rings is 1. The largest absolute Gasteiger partial charge is 0.236 e. The van der Waals surface area contributed by atoms with Crippen LogP contribution < -0.4 is 0 Å². The van der Waals surface area contributed by atoms with Crippen molar-refractivity contribution in [2.24, 2.45) is 0 Å². The summed E-state index contributed by atoms with van der Waals surface area (Å²) in [5, 5.41) is 19.2. The lowest BCUT2D eigenvalue weighted by atomic mass is 9.84. The quantitative estimate of drug-likeness (QED) is 0.426. The first-order chi connectivity index (χ1) is 15.9. The molecule has 3 heterocycles. The molecular formula is C25H23N7. The van der Waals surface area contributed by atoms with E-state index in [0.29, 0.717) is 11.7 Å². The van der Waals surface area contributed by atoms with Gasteiger partial charge >= 0.3 is 0 Å². The van der Waals surface area contributed by atoms with Crippen molar-refractivity contribution in [3.05, 3.63) is 72.7 Å². The van der Waals surface area contributed by atoms with Crippen LogP contribution in [0.25, 0.3) is 39.3 Å². The van der Waals surface area contributed by atoms with E-state index in [0.717, 1.165) is 22.3 Å². The number of rotatable bonds is 4. The Morgan fingerprint density at radius 1 is 0.781 bits per heavy atom. The Labute approximate surface area is 185 Å². The summed E-state index contributed by atoms with van der Waals surface area (Å²) < 4.78 is 2.00. The van der Waals surface area contributed by atoms with Crippen molar-refractivity contribution in [3.63, 3.8) is 0 Å². The van der Waals surface area contributed by atoms with E-state index in [2.05, 4.69) is 69.2 Å². The Hall–Kier alpha value is -3.87. The first kappa shape index (κ1) is 18.9. The van der Waals surface area contributed by atoms with Crippen molar-refractivity contribution in [1.82, 2.24) is 35.2 Å². The van der Waals surface area contributed by atoms with Crippen LogP contribution in [0.3, 0.4) is 0 Å². The molecule has 6 rings (SSSR count). The predicted molar refractivity (Wildman–Crippen MR) is 123 cm³/mol. The van der Waals surface area contributed by atoms with Gasteiger partial charge in [-0.25, -0.2) is 9.50 Å². The Morgan fingerprint density at radius 3 is 2.28 bits per heavy atom. The second-order valence-electron chi connectivity index (χ2n) is 8.36. The summed E-state index contributed by atoms with van der Waals surface area (Å²) in [6, 6.07) is 19.2. The molecule has 0 unspecified atom stereocenters. The maximum atomic E-state index is 4.79. The van der Waals surface area contributed by atoms with E-state index in [1.54, 1.807) is 6.20 Å². The molecule has 7 heteroatoms. The molecule has 0 bridgehead atoms. The SMILES string of the molecule is c1ccc(-c2ccc(-c3cnc4c(-c5nn[nH]n5)cnn4c3C3CCCCC3)cc2)cc1. The fraction of sp³-hybridized carbons (Fsp3) is 0.240. The number of nitrogens with zero attached hydrogens (tertiary/aromatic N) is 6. The summed E-state index contributed by atoms with van der Waals surface area (Å²) in [6.45, 7) is 0. The van der Waals surface area contributed by atoms with E-state index in [4.69, 9.17) is 10.1 Å². The van der Waals surface area contributed by atoms with Crippen molar-refractivity contribution in [2.75, 3.05) is 0 Å². The van der Waals surface area contributed by atoms with Gasteiger partial charge in [0.05, 0.1) is 17.5 Å². The van der Waals surface area contributed by atoms with Gasteiger partial charge in [-0.2, -0.15) is 10.3 Å². The van der Waals surface area contributed by atoms with Gasteiger partial charge in [0.1, 0.15) is 0 Å². The Balaban J connectivity index is 1.49. The third kappa shape index (κ3) is 3.26.